The molecule has 3 aromatic carbocycles. The van der Waals surface area contributed by atoms with E-state index in [9.17, 15) is 0 Å². The molecule has 1 heterocycles. The SMILES string of the molecule is [c]1ccc(-c2nnc(-c3ccc4ccccc4c3)s2)cc1. The van der Waals surface area contributed by atoms with Crippen LogP contribution in [-0.4, -0.2) is 10.2 Å². The molecule has 4 rings (SSSR count). The van der Waals surface area contributed by atoms with Crippen LogP contribution in [0.15, 0.2) is 66.7 Å². The second-order valence-corrected chi connectivity index (χ2v) is 5.74. The average Bonchev–Trinajstić information content (AvgIpc) is 3.05. The van der Waals surface area contributed by atoms with Gasteiger partial charge in [-0.1, -0.05) is 72.0 Å². The van der Waals surface area contributed by atoms with E-state index in [2.05, 4.69) is 58.7 Å². The molecule has 0 aliphatic heterocycles. The highest BCUT2D eigenvalue weighted by Gasteiger charge is 2.08. The second kappa shape index (κ2) is 5.11. The summed E-state index contributed by atoms with van der Waals surface area (Å²) in [5, 5.41) is 13.0. The molecule has 21 heavy (non-hydrogen) atoms. The van der Waals surface area contributed by atoms with Crippen LogP contribution in [0.2, 0.25) is 0 Å². The minimum atomic E-state index is 0.937. The van der Waals surface area contributed by atoms with Crippen LogP contribution < -0.4 is 0 Å². The molecule has 1 radical (unpaired) electrons. The summed E-state index contributed by atoms with van der Waals surface area (Å²) in [5.74, 6) is 0. The Balaban J connectivity index is 1.77. The van der Waals surface area contributed by atoms with Crippen molar-refractivity contribution in [1.82, 2.24) is 10.2 Å². The van der Waals surface area contributed by atoms with E-state index < -0.39 is 0 Å². The summed E-state index contributed by atoms with van der Waals surface area (Å²) >= 11 is 1.61. The van der Waals surface area contributed by atoms with Crippen LogP contribution in [0.5, 0.6) is 0 Å². The van der Waals surface area contributed by atoms with Crippen molar-refractivity contribution in [2.24, 2.45) is 0 Å². The van der Waals surface area contributed by atoms with Crippen LogP contribution >= 0.6 is 11.3 Å². The van der Waals surface area contributed by atoms with Gasteiger partial charge in [-0.2, -0.15) is 0 Å². The fourth-order valence-electron chi connectivity index (χ4n) is 2.31. The monoisotopic (exact) mass is 287 g/mol. The van der Waals surface area contributed by atoms with E-state index in [0.29, 0.717) is 0 Å². The number of hydrogen-bond acceptors (Lipinski definition) is 3. The van der Waals surface area contributed by atoms with Gasteiger partial charge in [0.25, 0.3) is 0 Å². The first-order chi connectivity index (χ1) is 10.4. The van der Waals surface area contributed by atoms with Crippen molar-refractivity contribution in [3.63, 3.8) is 0 Å². The van der Waals surface area contributed by atoms with Crippen LogP contribution in [0.4, 0.5) is 0 Å². The molecule has 0 saturated heterocycles. The Labute approximate surface area is 126 Å². The third-order valence-corrected chi connectivity index (χ3v) is 4.41. The Morgan fingerprint density at radius 2 is 1.43 bits per heavy atom. The van der Waals surface area contributed by atoms with Crippen molar-refractivity contribution in [2.45, 2.75) is 0 Å². The standard InChI is InChI=1S/C18H11N2S/c1-2-7-14(8-3-1)17-19-20-18(21-17)16-11-10-13-6-4-5-9-15(13)12-16/h2-12H. The lowest BCUT2D eigenvalue weighted by Gasteiger charge is -1.99. The molecule has 0 fully saturated rings. The molecule has 0 aliphatic carbocycles. The minimum absolute atomic E-state index is 0.937. The Morgan fingerprint density at radius 3 is 2.24 bits per heavy atom. The summed E-state index contributed by atoms with van der Waals surface area (Å²) in [6.07, 6.45) is 0. The molecule has 4 aromatic rings. The first kappa shape index (κ1) is 12.2. The number of benzene rings is 3. The van der Waals surface area contributed by atoms with Gasteiger partial charge in [0.2, 0.25) is 0 Å². The number of rotatable bonds is 2. The van der Waals surface area contributed by atoms with Crippen molar-refractivity contribution in [2.75, 3.05) is 0 Å². The summed E-state index contributed by atoms with van der Waals surface area (Å²) in [7, 11) is 0. The van der Waals surface area contributed by atoms with E-state index in [1.807, 2.05) is 24.3 Å². The van der Waals surface area contributed by atoms with Gasteiger partial charge in [0, 0.05) is 11.1 Å². The van der Waals surface area contributed by atoms with Crippen molar-refractivity contribution >= 4 is 22.1 Å². The van der Waals surface area contributed by atoms with Gasteiger partial charge >= 0.3 is 0 Å². The number of nitrogens with zero attached hydrogens (tertiary/aromatic N) is 2. The molecule has 0 amide bonds. The molecule has 2 nitrogen and oxygen atoms in total. The highest BCUT2D eigenvalue weighted by atomic mass is 32.1. The topological polar surface area (TPSA) is 25.8 Å². The lowest BCUT2D eigenvalue weighted by molar-refractivity contribution is 1.10. The van der Waals surface area contributed by atoms with Crippen LogP contribution in [0.3, 0.4) is 0 Å². The van der Waals surface area contributed by atoms with Gasteiger partial charge < -0.3 is 0 Å². The number of hydrogen-bond donors (Lipinski definition) is 0. The molecule has 0 aliphatic rings. The first-order valence-electron chi connectivity index (χ1n) is 6.69. The van der Waals surface area contributed by atoms with E-state index in [4.69, 9.17) is 0 Å². The number of aromatic nitrogens is 2. The Hall–Kier alpha value is -2.52. The molecular formula is C18H11N2S. The van der Waals surface area contributed by atoms with Crippen LogP contribution in [0.25, 0.3) is 31.9 Å². The van der Waals surface area contributed by atoms with Gasteiger partial charge in [-0.05, 0) is 22.9 Å². The molecule has 0 unspecified atom stereocenters. The predicted octanol–water partition coefficient (Wildman–Crippen LogP) is 4.83. The van der Waals surface area contributed by atoms with Gasteiger partial charge in [0.1, 0.15) is 10.0 Å². The van der Waals surface area contributed by atoms with Crippen molar-refractivity contribution in [3.8, 4) is 21.1 Å². The van der Waals surface area contributed by atoms with Gasteiger partial charge in [0.05, 0.1) is 0 Å². The normalized spacial score (nSPS) is 10.9. The Kier molecular flexibility index (Phi) is 2.98. The summed E-state index contributed by atoms with van der Waals surface area (Å²) in [6, 6.07) is 25.6. The summed E-state index contributed by atoms with van der Waals surface area (Å²) in [5.41, 5.74) is 2.19. The van der Waals surface area contributed by atoms with E-state index in [0.717, 1.165) is 21.1 Å². The lowest BCUT2D eigenvalue weighted by Crippen LogP contribution is -1.78. The maximum absolute atomic E-state index is 4.33. The van der Waals surface area contributed by atoms with E-state index in [1.54, 1.807) is 11.3 Å². The molecule has 1 aromatic heterocycles. The second-order valence-electron chi connectivity index (χ2n) is 4.76. The zero-order chi connectivity index (χ0) is 14.1. The molecule has 0 spiro atoms. The fourth-order valence-corrected chi connectivity index (χ4v) is 3.15. The van der Waals surface area contributed by atoms with Crippen molar-refractivity contribution in [3.05, 3.63) is 72.8 Å². The molecule has 0 saturated carbocycles. The third kappa shape index (κ3) is 2.32. The van der Waals surface area contributed by atoms with Gasteiger partial charge in [-0.15, -0.1) is 10.2 Å². The van der Waals surface area contributed by atoms with E-state index >= 15 is 0 Å². The largest absolute Gasteiger partial charge is 0.148 e. The van der Waals surface area contributed by atoms with Gasteiger partial charge in [-0.25, -0.2) is 0 Å². The van der Waals surface area contributed by atoms with E-state index in [1.165, 1.54) is 10.8 Å². The predicted molar refractivity (Wildman–Crippen MR) is 87.1 cm³/mol. The highest BCUT2D eigenvalue weighted by Crippen LogP contribution is 2.31. The quantitative estimate of drug-likeness (QED) is 0.528. The molecule has 3 heteroatoms. The van der Waals surface area contributed by atoms with Gasteiger partial charge in [0.15, 0.2) is 0 Å². The van der Waals surface area contributed by atoms with Crippen molar-refractivity contribution < 1.29 is 0 Å². The summed E-state index contributed by atoms with van der Waals surface area (Å²) in [4.78, 5) is 0. The van der Waals surface area contributed by atoms with Crippen LogP contribution in [-0.2, 0) is 0 Å². The Bertz CT molecular complexity index is 897. The molecule has 0 N–H and O–H groups in total. The number of fused-ring (bicyclic) bond motifs is 1. The van der Waals surface area contributed by atoms with Crippen molar-refractivity contribution in [1.29, 1.82) is 0 Å². The lowest BCUT2D eigenvalue weighted by atomic mass is 10.1. The summed E-state index contributed by atoms with van der Waals surface area (Å²) in [6.45, 7) is 0. The zero-order valence-corrected chi connectivity index (χ0v) is 12.0. The Morgan fingerprint density at radius 1 is 0.714 bits per heavy atom. The van der Waals surface area contributed by atoms with Gasteiger partial charge in [-0.3, -0.25) is 0 Å². The minimum Gasteiger partial charge on any atom is -0.138 e. The third-order valence-electron chi connectivity index (χ3n) is 3.39. The fraction of sp³-hybridized carbons (Fsp3) is 0. The zero-order valence-electron chi connectivity index (χ0n) is 11.2. The average molecular weight is 287 g/mol. The van der Waals surface area contributed by atoms with Crippen LogP contribution in [0.1, 0.15) is 0 Å². The smallest absolute Gasteiger partial charge is 0.138 e. The highest BCUT2D eigenvalue weighted by molar-refractivity contribution is 7.17. The van der Waals surface area contributed by atoms with E-state index in [-0.39, 0.29) is 0 Å². The molecule has 0 atom stereocenters. The molecule has 99 valence electrons. The maximum atomic E-state index is 4.33. The molecule has 0 bridgehead atoms. The summed E-state index contributed by atoms with van der Waals surface area (Å²) < 4.78 is 0. The maximum Gasteiger partial charge on any atom is 0.148 e. The van der Waals surface area contributed by atoms with Crippen LogP contribution in [0, 0.1) is 6.07 Å². The molecular weight excluding hydrogens is 276 g/mol. The first-order valence-corrected chi connectivity index (χ1v) is 7.51.